The summed E-state index contributed by atoms with van der Waals surface area (Å²) < 4.78 is 5.74. The SMILES string of the molecule is Cc1oc(-c2ccccc2)nc1CC(=O)Nc1cccc(/C=C/c2ccccn2)c1. The first-order valence-corrected chi connectivity index (χ1v) is 9.68. The van der Waals surface area contributed by atoms with Crippen molar-refractivity contribution in [2.45, 2.75) is 13.3 Å². The molecular formula is C25H21N3O2. The molecule has 0 saturated heterocycles. The van der Waals surface area contributed by atoms with Crippen LogP contribution in [0.4, 0.5) is 5.69 Å². The van der Waals surface area contributed by atoms with Crippen molar-refractivity contribution in [2.75, 3.05) is 5.32 Å². The van der Waals surface area contributed by atoms with E-state index in [4.69, 9.17) is 4.42 Å². The molecule has 1 N–H and O–H groups in total. The number of aryl methyl sites for hydroxylation is 1. The summed E-state index contributed by atoms with van der Waals surface area (Å²) in [5.41, 5.74) is 4.11. The van der Waals surface area contributed by atoms with Gasteiger partial charge in [0.1, 0.15) is 5.76 Å². The number of benzene rings is 2. The van der Waals surface area contributed by atoms with E-state index in [1.54, 1.807) is 6.20 Å². The molecule has 2 aromatic carbocycles. The Labute approximate surface area is 175 Å². The van der Waals surface area contributed by atoms with E-state index in [0.29, 0.717) is 17.3 Å². The van der Waals surface area contributed by atoms with Crippen molar-refractivity contribution in [1.29, 1.82) is 0 Å². The number of nitrogens with zero attached hydrogens (tertiary/aromatic N) is 2. The lowest BCUT2D eigenvalue weighted by atomic mass is 10.1. The summed E-state index contributed by atoms with van der Waals surface area (Å²) >= 11 is 0. The Kier molecular flexibility index (Phi) is 5.80. The number of pyridine rings is 1. The van der Waals surface area contributed by atoms with Gasteiger partial charge in [0, 0.05) is 17.4 Å². The molecule has 0 unspecified atom stereocenters. The number of nitrogens with one attached hydrogen (secondary N) is 1. The Morgan fingerprint density at radius 3 is 2.63 bits per heavy atom. The van der Waals surface area contributed by atoms with Crippen LogP contribution in [-0.4, -0.2) is 15.9 Å². The largest absolute Gasteiger partial charge is 0.441 e. The smallest absolute Gasteiger partial charge is 0.230 e. The average molecular weight is 395 g/mol. The summed E-state index contributed by atoms with van der Waals surface area (Å²) in [5, 5.41) is 2.94. The van der Waals surface area contributed by atoms with Gasteiger partial charge in [-0.25, -0.2) is 4.98 Å². The predicted molar refractivity (Wildman–Crippen MR) is 119 cm³/mol. The molecule has 4 aromatic rings. The van der Waals surface area contributed by atoms with Crippen molar-refractivity contribution in [2.24, 2.45) is 0 Å². The minimum atomic E-state index is -0.142. The minimum Gasteiger partial charge on any atom is -0.441 e. The van der Waals surface area contributed by atoms with Crippen LogP contribution in [-0.2, 0) is 11.2 Å². The van der Waals surface area contributed by atoms with Gasteiger partial charge in [0.15, 0.2) is 0 Å². The van der Waals surface area contributed by atoms with Gasteiger partial charge >= 0.3 is 0 Å². The van der Waals surface area contributed by atoms with Crippen LogP contribution in [0.2, 0.25) is 0 Å². The maximum Gasteiger partial charge on any atom is 0.230 e. The van der Waals surface area contributed by atoms with Crippen LogP contribution in [0.5, 0.6) is 0 Å². The van der Waals surface area contributed by atoms with Crippen molar-refractivity contribution < 1.29 is 9.21 Å². The van der Waals surface area contributed by atoms with Gasteiger partial charge in [-0.2, -0.15) is 0 Å². The lowest BCUT2D eigenvalue weighted by Crippen LogP contribution is -2.15. The molecule has 0 radical (unpaired) electrons. The first-order valence-electron chi connectivity index (χ1n) is 9.68. The number of hydrogen-bond acceptors (Lipinski definition) is 4. The van der Waals surface area contributed by atoms with Crippen molar-refractivity contribution in [1.82, 2.24) is 9.97 Å². The molecule has 0 aliphatic rings. The highest BCUT2D eigenvalue weighted by atomic mass is 16.4. The third kappa shape index (κ3) is 4.89. The number of amides is 1. The summed E-state index contributed by atoms with van der Waals surface area (Å²) in [6.07, 6.45) is 5.80. The number of aromatic nitrogens is 2. The van der Waals surface area contributed by atoms with Gasteiger partial charge in [-0.3, -0.25) is 9.78 Å². The molecule has 0 aliphatic heterocycles. The van der Waals surface area contributed by atoms with E-state index < -0.39 is 0 Å². The summed E-state index contributed by atoms with van der Waals surface area (Å²) in [6.45, 7) is 1.82. The highest BCUT2D eigenvalue weighted by molar-refractivity contribution is 5.92. The quantitative estimate of drug-likeness (QED) is 0.475. The summed E-state index contributed by atoms with van der Waals surface area (Å²) in [4.78, 5) is 21.3. The highest BCUT2D eigenvalue weighted by Crippen LogP contribution is 2.22. The molecule has 4 rings (SSSR count). The van der Waals surface area contributed by atoms with E-state index >= 15 is 0 Å². The molecule has 0 fully saturated rings. The van der Waals surface area contributed by atoms with E-state index in [2.05, 4.69) is 15.3 Å². The molecule has 2 heterocycles. The van der Waals surface area contributed by atoms with Crippen molar-refractivity contribution >= 4 is 23.7 Å². The Balaban J connectivity index is 1.42. The second-order valence-corrected chi connectivity index (χ2v) is 6.83. The number of rotatable bonds is 6. The fourth-order valence-corrected chi connectivity index (χ4v) is 3.03. The van der Waals surface area contributed by atoms with E-state index in [1.165, 1.54) is 0 Å². The molecule has 5 heteroatoms. The topological polar surface area (TPSA) is 68.0 Å². The molecule has 2 aromatic heterocycles. The zero-order valence-corrected chi connectivity index (χ0v) is 16.6. The molecule has 0 aliphatic carbocycles. The number of oxazole rings is 1. The van der Waals surface area contributed by atoms with Gasteiger partial charge in [-0.05, 0) is 55.0 Å². The number of hydrogen-bond donors (Lipinski definition) is 1. The van der Waals surface area contributed by atoms with Crippen LogP contribution in [0.25, 0.3) is 23.6 Å². The highest BCUT2D eigenvalue weighted by Gasteiger charge is 2.14. The van der Waals surface area contributed by atoms with Crippen LogP contribution >= 0.6 is 0 Å². The average Bonchev–Trinajstić information content (AvgIpc) is 3.14. The van der Waals surface area contributed by atoms with E-state index in [1.807, 2.05) is 91.9 Å². The summed E-state index contributed by atoms with van der Waals surface area (Å²) in [7, 11) is 0. The van der Waals surface area contributed by atoms with Gasteiger partial charge in [-0.1, -0.05) is 42.5 Å². The second-order valence-electron chi connectivity index (χ2n) is 6.83. The van der Waals surface area contributed by atoms with Crippen molar-refractivity contribution in [3.63, 3.8) is 0 Å². The summed E-state index contributed by atoms with van der Waals surface area (Å²) in [5.74, 6) is 1.03. The lowest BCUT2D eigenvalue weighted by molar-refractivity contribution is -0.115. The summed E-state index contributed by atoms with van der Waals surface area (Å²) in [6, 6.07) is 23.1. The second kappa shape index (κ2) is 9.01. The van der Waals surface area contributed by atoms with Gasteiger partial charge in [0.05, 0.1) is 17.8 Å². The maximum atomic E-state index is 12.5. The van der Waals surface area contributed by atoms with Crippen LogP contribution in [0.1, 0.15) is 22.7 Å². The monoisotopic (exact) mass is 395 g/mol. The number of anilines is 1. The standard InChI is InChI=1S/C25H21N3O2/c1-18-23(28-25(30-18)20-9-3-2-4-10-20)17-24(29)27-22-12-7-8-19(16-22)13-14-21-11-5-6-15-26-21/h2-16H,17H2,1H3,(H,27,29)/b14-13+. The van der Waals surface area contributed by atoms with Crippen LogP contribution in [0.3, 0.4) is 0 Å². The Morgan fingerprint density at radius 1 is 1.00 bits per heavy atom. The molecule has 148 valence electrons. The molecule has 30 heavy (non-hydrogen) atoms. The zero-order chi connectivity index (χ0) is 20.8. The molecule has 0 spiro atoms. The van der Waals surface area contributed by atoms with E-state index in [-0.39, 0.29) is 12.3 Å². The van der Waals surface area contributed by atoms with Gasteiger partial charge in [0.25, 0.3) is 0 Å². The third-order valence-electron chi connectivity index (χ3n) is 4.55. The lowest BCUT2D eigenvalue weighted by Gasteiger charge is -2.05. The number of carbonyl (C=O) groups excluding carboxylic acids is 1. The van der Waals surface area contributed by atoms with Gasteiger partial charge in [-0.15, -0.1) is 0 Å². The van der Waals surface area contributed by atoms with E-state index in [9.17, 15) is 4.79 Å². The van der Waals surface area contributed by atoms with Crippen LogP contribution < -0.4 is 5.32 Å². The molecule has 0 saturated carbocycles. The zero-order valence-electron chi connectivity index (χ0n) is 16.6. The van der Waals surface area contributed by atoms with E-state index in [0.717, 1.165) is 22.5 Å². The first kappa shape index (κ1) is 19.3. The number of carbonyl (C=O) groups is 1. The molecule has 0 atom stereocenters. The maximum absolute atomic E-state index is 12.5. The Bertz CT molecular complexity index is 1170. The van der Waals surface area contributed by atoms with Crippen molar-refractivity contribution in [3.8, 4) is 11.5 Å². The fourth-order valence-electron chi connectivity index (χ4n) is 3.03. The van der Waals surface area contributed by atoms with Crippen LogP contribution in [0, 0.1) is 6.92 Å². The Morgan fingerprint density at radius 2 is 1.83 bits per heavy atom. The van der Waals surface area contributed by atoms with Gasteiger partial charge < -0.3 is 9.73 Å². The molecule has 1 amide bonds. The molecule has 5 nitrogen and oxygen atoms in total. The molecule has 0 bridgehead atoms. The van der Waals surface area contributed by atoms with Crippen molar-refractivity contribution in [3.05, 3.63) is 102 Å². The minimum absolute atomic E-state index is 0.142. The fraction of sp³-hybridized carbons (Fsp3) is 0.0800. The van der Waals surface area contributed by atoms with Gasteiger partial charge in [0.2, 0.25) is 11.8 Å². The Hall–Kier alpha value is -3.99. The molecular weight excluding hydrogens is 374 g/mol. The third-order valence-corrected chi connectivity index (χ3v) is 4.55. The first-order chi connectivity index (χ1) is 14.7. The predicted octanol–water partition coefficient (Wildman–Crippen LogP) is 5.40. The van der Waals surface area contributed by atoms with Crippen LogP contribution in [0.15, 0.2) is 83.4 Å². The normalized spacial score (nSPS) is 11.0.